The first kappa shape index (κ1) is 18.2. The monoisotopic (exact) mass is 372 g/mol. The number of carbonyl (C=O) groups excluding carboxylic acids is 2. The van der Waals surface area contributed by atoms with E-state index in [-0.39, 0.29) is 30.0 Å². The minimum atomic E-state index is -1.06. The Morgan fingerprint density at radius 2 is 2.15 bits per heavy atom. The summed E-state index contributed by atoms with van der Waals surface area (Å²) in [5.41, 5.74) is 0.740. The van der Waals surface area contributed by atoms with Crippen molar-refractivity contribution in [1.29, 1.82) is 5.26 Å². The Kier molecular flexibility index (Phi) is 4.94. The van der Waals surface area contributed by atoms with E-state index >= 15 is 0 Å². The molecular formula is C17H14F2N6O2. The minimum absolute atomic E-state index is 0.0200. The molecule has 10 heteroatoms. The molecule has 3 amide bonds. The van der Waals surface area contributed by atoms with E-state index in [9.17, 15) is 18.4 Å². The zero-order valence-electron chi connectivity index (χ0n) is 14.2. The van der Waals surface area contributed by atoms with Crippen LogP contribution in [0.5, 0.6) is 0 Å². The molecule has 0 radical (unpaired) electrons. The van der Waals surface area contributed by atoms with E-state index in [1.165, 1.54) is 12.1 Å². The number of benzene rings is 1. The maximum Gasteiger partial charge on any atom is 0.322 e. The first-order chi connectivity index (χ1) is 12.9. The number of hydrogen-bond donors (Lipinski definition) is 2. The molecule has 27 heavy (non-hydrogen) atoms. The van der Waals surface area contributed by atoms with E-state index in [2.05, 4.69) is 20.8 Å². The topological polar surface area (TPSA) is 111 Å². The number of carbonyl (C=O) groups is 2. The second-order valence-corrected chi connectivity index (χ2v) is 5.92. The molecule has 2 aromatic rings. The molecule has 3 rings (SSSR count). The fourth-order valence-corrected chi connectivity index (χ4v) is 2.62. The highest BCUT2D eigenvalue weighted by Gasteiger charge is 2.28. The third-order valence-electron chi connectivity index (χ3n) is 4.03. The third-order valence-corrected chi connectivity index (χ3v) is 4.03. The molecule has 0 saturated carbocycles. The van der Waals surface area contributed by atoms with Crippen LogP contribution in [0.25, 0.3) is 0 Å². The van der Waals surface area contributed by atoms with Crippen LogP contribution in [0.3, 0.4) is 0 Å². The molecule has 1 atom stereocenters. The van der Waals surface area contributed by atoms with Gasteiger partial charge < -0.3 is 15.5 Å². The van der Waals surface area contributed by atoms with Crippen molar-refractivity contribution in [1.82, 2.24) is 20.4 Å². The van der Waals surface area contributed by atoms with Gasteiger partial charge in [-0.15, -0.1) is 5.10 Å². The molecule has 1 aromatic heterocycles. The fraction of sp³-hybridized carbons (Fsp3) is 0.235. The largest absolute Gasteiger partial charge is 0.346 e. The molecule has 8 nitrogen and oxygen atoms in total. The number of nitrogens with one attached hydrogen (secondary N) is 2. The zero-order chi connectivity index (χ0) is 19.6. The Bertz CT molecular complexity index is 942. The van der Waals surface area contributed by atoms with Crippen LogP contribution in [-0.2, 0) is 11.3 Å². The van der Waals surface area contributed by atoms with E-state index in [0.29, 0.717) is 5.69 Å². The summed E-state index contributed by atoms with van der Waals surface area (Å²) in [4.78, 5) is 25.4. The number of fused-ring (bicyclic) bond motifs is 1. The van der Waals surface area contributed by atoms with Crippen LogP contribution in [0.4, 0.5) is 19.3 Å². The van der Waals surface area contributed by atoms with Crippen LogP contribution in [0.1, 0.15) is 29.9 Å². The van der Waals surface area contributed by atoms with Gasteiger partial charge in [0.05, 0.1) is 24.0 Å². The van der Waals surface area contributed by atoms with Gasteiger partial charge in [0.2, 0.25) is 5.91 Å². The predicted molar refractivity (Wildman–Crippen MR) is 89.1 cm³/mol. The third kappa shape index (κ3) is 3.82. The van der Waals surface area contributed by atoms with E-state index in [0.717, 1.165) is 11.0 Å². The highest BCUT2D eigenvalue weighted by atomic mass is 19.2. The van der Waals surface area contributed by atoms with Crippen LogP contribution < -0.4 is 10.6 Å². The van der Waals surface area contributed by atoms with Crippen LogP contribution >= 0.6 is 0 Å². The standard InChI is InChI=1S/C17H14F2N6O2/c1-9(13-4-2-10(6-20)23-24-13)21-15(26)8-25-7-11-14(22-17(25)27)5-3-12(18)16(11)19/h2-5,9H,7-8H2,1H3,(H,21,26)(H,22,27)/t9-/m0/s1. The van der Waals surface area contributed by atoms with Gasteiger partial charge in [0.25, 0.3) is 0 Å². The molecular weight excluding hydrogens is 358 g/mol. The van der Waals surface area contributed by atoms with Gasteiger partial charge in [0.15, 0.2) is 17.3 Å². The second-order valence-electron chi connectivity index (χ2n) is 5.92. The molecule has 1 aromatic carbocycles. The molecule has 0 bridgehead atoms. The van der Waals surface area contributed by atoms with Gasteiger partial charge >= 0.3 is 6.03 Å². The lowest BCUT2D eigenvalue weighted by Crippen LogP contribution is -2.45. The van der Waals surface area contributed by atoms with Crippen molar-refractivity contribution in [3.63, 3.8) is 0 Å². The summed E-state index contributed by atoms with van der Waals surface area (Å²) < 4.78 is 27.3. The normalized spacial score (nSPS) is 14.0. The molecule has 2 N–H and O–H groups in total. The van der Waals surface area contributed by atoms with E-state index in [1.54, 1.807) is 13.0 Å². The average molecular weight is 372 g/mol. The lowest BCUT2D eigenvalue weighted by Gasteiger charge is -2.29. The lowest BCUT2D eigenvalue weighted by atomic mass is 10.1. The summed E-state index contributed by atoms with van der Waals surface area (Å²) in [6.45, 7) is 1.08. The average Bonchev–Trinajstić information content (AvgIpc) is 2.66. The zero-order valence-corrected chi connectivity index (χ0v) is 14.2. The van der Waals surface area contributed by atoms with Crippen molar-refractivity contribution in [3.8, 4) is 6.07 Å². The number of aromatic nitrogens is 2. The summed E-state index contributed by atoms with van der Waals surface area (Å²) in [7, 11) is 0. The number of urea groups is 1. The number of rotatable bonds is 4. The van der Waals surface area contributed by atoms with E-state index in [1.807, 2.05) is 6.07 Å². The highest BCUT2D eigenvalue weighted by molar-refractivity contribution is 5.94. The predicted octanol–water partition coefficient (Wildman–Crippen LogP) is 1.85. The van der Waals surface area contributed by atoms with Crippen LogP contribution in [0.15, 0.2) is 24.3 Å². The molecule has 2 heterocycles. The molecule has 0 aliphatic carbocycles. The molecule has 1 aliphatic heterocycles. The van der Waals surface area contributed by atoms with Gasteiger partial charge in [-0.25, -0.2) is 13.6 Å². The SMILES string of the molecule is C[C@H](NC(=O)CN1Cc2c(ccc(F)c2F)NC1=O)c1ccc(C#N)nn1. The Morgan fingerprint density at radius 3 is 2.81 bits per heavy atom. The Hall–Kier alpha value is -3.61. The first-order valence-corrected chi connectivity index (χ1v) is 7.95. The molecule has 0 saturated heterocycles. The van der Waals surface area contributed by atoms with Crippen molar-refractivity contribution in [2.75, 3.05) is 11.9 Å². The van der Waals surface area contributed by atoms with Gasteiger partial charge in [-0.3, -0.25) is 4.79 Å². The van der Waals surface area contributed by atoms with E-state index < -0.39 is 29.6 Å². The van der Waals surface area contributed by atoms with Gasteiger partial charge in [-0.2, -0.15) is 10.4 Å². The van der Waals surface area contributed by atoms with Gasteiger partial charge in [-0.05, 0) is 31.2 Å². The molecule has 0 unspecified atom stereocenters. The van der Waals surface area contributed by atoms with Crippen molar-refractivity contribution < 1.29 is 18.4 Å². The molecule has 0 fully saturated rings. The molecule has 138 valence electrons. The number of amides is 3. The maximum atomic E-state index is 13.9. The van der Waals surface area contributed by atoms with Crippen molar-refractivity contribution in [3.05, 3.63) is 52.9 Å². The van der Waals surface area contributed by atoms with Gasteiger partial charge in [0, 0.05) is 5.56 Å². The Balaban J connectivity index is 1.66. The second kappa shape index (κ2) is 7.33. The van der Waals surface area contributed by atoms with Crippen LogP contribution in [0, 0.1) is 23.0 Å². The number of halogens is 2. The van der Waals surface area contributed by atoms with Gasteiger partial charge in [-0.1, -0.05) is 0 Å². The first-order valence-electron chi connectivity index (χ1n) is 7.95. The van der Waals surface area contributed by atoms with Gasteiger partial charge in [0.1, 0.15) is 12.6 Å². The fourth-order valence-electron chi connectivity index (χ4n) is 2.62. The molecule has 1 aliphatic rings. The number of anilines is 1. The Labute approximate surface area is 152 Å². The summed E-state index contributed by atoms with van der Waals surface area (Å²) in [5.74, 6) is -2.59. The van der Waals surface area contributed by atoms with E-state index in [4.69, 9.17) is 5.26 Å². The quantitative estimate of drug-likeness (QED) is 0.851. The van der Waals surface area contributed by atoms with Crippen LogP contribution in [-0.4, -0.2) is 33.6 Å². The van der Waals surface area contributed by atoms with Crippen LogP contribution in [0.2, 0.25) is 0 Å². The summed E-state index contributed by atoms with van der Waals surface area (Å²) in [6, 6.07) is 5.95. The minimum Gasteiger partial charge on any atom is -0.346 e. The number of hydrogen-bond acceptors (Lipinski definition) is 5. The van der Waals surface area contributed by atoms with Crippen molar-refractivity contribution >= 4 is 17.6 Å². The Morgan fingerprint density at radius 1 is 1.37 bits per heavy atom. The number of nitrogens with zero attached hydrogens (tertiary/aromatic N) is 4. The summed E-state index contributed by atoms with van der Waals surface area (Å²) in [6.07, 6.45) is 0. The summed E-state index contributed by atoms with van der Waals surface area (Å²) in [5, 5.41) is 21.3. The maximum absolute atomic E-state index is 13.9. The highest BCUT2D eigenvalue weighted by Crippen LogP contribution is 2.27. The molecule has 0 spiro atoms. The van der Waals surface area contributed by atoms with Crippen molar-refractivity contribution in [2.45, 2.75) is 19.5 Å². The van der Waals surface area contributed by atoms with Crippen molar-refractivity contribution in [2.24, 2.45) is 0 Å². The lowest BCUT2D eigenvalue weighted by molar-refractivity contribution is -0.122. The number of nitriles is 1. The smallest absolute Gasteiger partial charge is 0.322 e. The summed E-state index contributed by atoms with van der Waals surface area (Å²) >= 11 is 0.